The van der Waals surface area contributed by atoms with E-state index in [9.17, 15) is 4.79 Å². The summed E-state index contributed by atoms with van der Waals surface area (Å²) < 4.78 is 17.0. The van der Waals surface area contributed by atoms with E-state index in [0.717, 1.165) is 28.3 Å². The zero-order valence-electron chi connectivity index (χ0n) is 17.5. The van der Waals surface area contributed by atoms with Crippen LogP contribution in [0.4, 0.5) is 11.4 Å². The molecule has 1 amide bonds. The number of rotatable bonds is 8. The largest absolute Gasteiger partial charge is 0.497 e. The average Bonchev–Trinajstić information content (AvgIpc) is 2.77. The Morgan fingerprint density at radius 2 is 1.84 bits per heavy atom. The van der Waals surface area contributed by atoms with Crippen LogP contribution in [0.25, 0.3) is 0 Å². The number of benzene rings is 3. The van der Waals surface area contributed by atoms with Crippen molar-refractivity contribution in [2.24, 2.45) is 4.99 Å². The van der Waals surface area contributed by atoms with Gasteiger partial charge in [-0.2, -0.15) is 0 Å². The number of nitrogens with zero attached hydrogens (tertiary/aromatic N) is 1. The summed E-state index contributed by atoms with van der Waals surface area (Å²) in [6, 6.07) is 18.7. The Morgan fingerprint density at radius 1 is 1.06 bits per heavy atom. The maximum absolute atomic E-state index is 12.3. The maximum atomic E-state index is 12.3. The molecule has 0 aromatic heterocycles. The van der Waals surface area contributed by atoms with Gasteiger partial charge in [0.15, 0.2) is 18.1 Å². The topological polar surface area (TPSA) is 69.2 Å². The van der Waals surface area contributed by atoms with E-state index in [1.807, 2.05) is 61.5 Å². The first-order valence-electron chi connectivity index (χ1n) is 9.53. The first kappa shape index (κ1) is 22.4. The SMILES string of the molecule is COc1ccc(N=Cc2cc(Br)c(OCC(=O)Nc3cccc(C)c3)c(OC)c2)cc1. The van der Waals surface area contributed by atoms with Crippen LogP contribution in [0.1, 0.15) is 11.1 Å². The third-order valence-electron chi connectivity index (χ3n) is 4.34. The van der Waals surface area contributed by atoms with Gasteiger partial charge in [-0.1, -0.05) is 12.1 Å². The van der Waals surface area contributed by atoms with Crippen LogP contribution in [0.2, 0.25) is 0 Å². The number of aliphatic imine (C=N–C) groups is 1. The smallest absolute Gasteiger partial charge is 0.262 e. The van der Waals surface area contributed by atoms with E-state index in [0.29, 0.717) is 16.0 Å². The standard InChI is InChI=1S/C24H23BrN2O4/c1-16-5-4-6-19(11-16)27-23(28)15-31-24-21(25)12-17(13-22(24)30-3)14-26-18-7-9-20(29-2)10-8-18/h4-14H,15H2,1-3H3,(H,27,28). The van der Waals surface area contributed by atoms with Crippen molar-refractivity contribution in [1.82, 2.24) is 0 Å². The van der Waals surface area contributed by atoms with Crippen LogP contribution < -0.4 is 19.5 Å². The summed E-state index contributed by atoms with van der Waals surface area (Å²) >= 11 is 3.50. The Labute approximate surface area is 190 Å². The molecule has 0 radical (unpaired) electrons. The molecule has 3 aromatic rings. The molecule has 0 aliphatic carbocycles. The van der Waals surface area contributed by atoms with E-state index < -0.39 is 0 Å². The summed E-state index contributed by atoms with van der Waals surface area (Å²) in [7, 11) is 3.17. The number of halogens is 1. The minimum atomic E-state index is -0.260. The van der Waals surface area contributed by atoms with Gasteiger partial charge in [0.1, 0.15) is 5.75 Å². The van der Waals surface area contributed by atoms with Gasteiger partial charge in [-0.25, -0.2) is 0 Å². The summed E-state index contributed by atoms with van der Waals surface area (Å²) in [5.74, 6) is 1.46. The van der Waals surface area contributed by atoms with Crippen LogP contribution in [0.15, 0.2) is 70.1 Å². The zero-order valence-corrected chi connectivity index (χ0v) is 19.1. The van der Waals surface area contributed by atoms with Crippen molar-refractivity contribution in [3.63, 3.8) is 0 Å². The quantitative estimate of drug-likeness (QED) is 0.427. The highest BCUT2D eigenvalue weighted by Gasteiger charge is 2.13. The molecule has 0 saturated carbocycles. The number of ether oxygens (including phenoxy) is 3. The number of nitrogens with one attached hydrogen (secondary N) is 1. The van der Waals surface area contributed by atoms with Gasteiger partial charge in [-0.15, -0.1) is 0 Å². The first-order chi connectivity index (χ1) is 15.0. The van der Waals surface area contributed by atoms with Gasteiger partial charge in [0.05, 0.1) is 24.4 Å². The number of hydrogen-bond donors (Lipinski definition) is 1. The van der Waals surface area contributed by atoms with Gasteiger partial charge in [-0.05, 0) is 82.5 Å². The first-order valence-corrected chi connectivity index (χ1v) is 10.3. The fourth-order valence-corrected chi connectivity index (χ4v) is 3.40. The molecule has 0 bridgehead atoms. The zero-order chi connectivity index (χ0) is 22.2. The van der Waals surface area contributed by atoms with Crippen molar-refractivity contribution in [3.05, 3.63) is 76.3 Å². The number of amides is 1. The van der Waals surface area contributed by atoms with Gasteiger partial charge in [0, 0.05) is 11.9 Å². The molecule has 0 unspecified atom stereocenters. The molecule has 0 saturated heterocycles. The van der Waals surface area contributed by atoms with Gasteiger partial charge in [-0.3, -0.25) is 9.79 Å². The molecule has 0 heterocycles. The van der Waals surface area contributed by atoms with Crippen molar-refractivity contribution < 1.29 is 19.0 Å². The van der Waals surface area contributed by atoms with E-state index in [2.05, 4.69) is 26.2 Å². The van der Waals surface area contributed by atoms with Crippen LogP contribution in [0.5, 0.6) is 17.2 Å². The molecule has 6 nitrogen and oxygen atoms in total. The molecule has 1 N–H and O–H groups in total. The van der Waals surface area contributed by atoms with Crippen molar-refractivity contribution in [1.29, 1.82) is 0 Å². The molecule has 0 aliphatic heterocycles. The minimum absolute atomic E-state index is 0.151. The highest BCUT2D eigenvalue weighted by atomic mass is 79.9. The van der Waals surface area contributed by atoms with Gasteiger partial charge in [0.2, 0.25) is 0 Å². The predicted octanol–water partition coefficient (Wildman–Crippen LogP) is 5.54. The monoisotopic (exact) mass is 482 g/mol. The highest BCUT2D eigenvalue weighted by Crippen LogP contribution is 2.36. The fraction of sp³-hybridized carbons (Fsp3) is 0.167. The summed E-state index contributed by atoms with van der Waals surface area (Å²) in [6.07, 6.45) is 1.73. The van der Waals surface area contributed by atoms with Gasteiger partial charge < -0.3 is 19.5 Å². The van der Waals surface area contributed by atoms with Crippen molar-refractivity contribution in [2.45, 2.75) is 6.92 Å². The molecule has 7 heteroatoms. The number of carbonyl (C=O) groups is 1. The van der Waals surface area contributed by atoms with E-state index in [-0.39, 0.29) is 12.5 Å². The Hall–Kier alpha value is -3.32. The maximum Gasteiger partial charge on any atom is 0.262 e. The number of anilines is 1. The number of carbonyl (C=O) groups excluding carboxylic acids is 1. The third kappa shape index (κ3) is 6.33. The molecule has 160 valence electrons. The number of methoxy groups -OCH3 is 2. The van der Waals surface area contributed by atoms with Crippen LogP contribution in [0, 0.1) is 6.92 Å². The second-order valence-corrected chi connectivity index (χ2v) is 7.55. The van der Waals surface area contributed by atoms with E-state index >= 15 is 0 Å². The lowest BCUT2D eigenvalue weighted by molar-refractivity contribution is -0.118. The molecule has 3 rings (SSSR count). The number of aryl methyl sites for hydroxylation is 1. The molecule has 31 heavy (non-hydrogen) atoms. The fourth-order valence-electron chi connectivity index (χ4n) is 2.83. The summed E-state index contributed by atoms with van der Waals surface area (Å²) in [5.41, 5.74) is 3.40. The highest BCUT2D eigenvalue weighted by molar-refractivity contribution is 9.10. The van der Waals surface area contributed by atoms with Crippen LogP contribution in [0.3, 0.4) is 0 Å². The Kier molecular flexibility index (Phi) is 7.67. The molecule has 0 atom stereocenters. The molecule has 0 spiro atoms. The second-order valence-electron chi connectivity index (χ2n) is 6.70. The molecule has 0 fully saturated rings. The third-order valence-corrected chi connectivity index (χ3v) is 4.93. The molecule has 0 aliphatic rings. The van der Waals surface area contributed by atoms with Crippen LogP contribution in [-0.4, -0.2) is 32.9 Å². The van der Waals surface area contributed by atoms with Crippen molar-refractivity contribution in [3.8, 4) is 17.2 Å². The lowest BCUT2D eigenvalue weighted by atomic mass is 10.2. The lowest BCUT2D eigenvalue weighted by Gasteiger charge is -2.13. The summed E-state index contributed by atoms with van der Waals surface area (Å²) in [6.45, 7) is 1.82. The second kappa shape index (κ2) is 10.6. The average molecular weight is 483 g/mol. The summed E-state index contributed by atoms with van der Waals surface area (Å²) in [4.78, 5) is 16.7. The molecular weight excluding hydrogens is 460 g/mol. The normalized spacial score (nSPS) is 10.7. The molecular formula is C24H23BrN2O4. The van der Waals surface area contributed by atoms with E-state index in [1.54, 1.807) is 26.5 Å². The Bertz CT molecular complexity index is 1080. The van der Waals surface area contributed by atoms with Crippen molar-refractivity contribution >= 4 is 39.4 Å². The van der Waals surface area contributed by atoms with Crippen LogP contribution >= 0.6 is 15.9 Å². The van der Waals surface area contributed by atoms with Gasteiger partial charge in [0.25, 0.3) is 5.91 Å². The molecule has 3 aromatic carbocycles. The summed E-state index contributed by atoms with van der Waals surface area (Å²) in [5, 5.41) is 2.82. The lowest BCUT2D eigenvalue weighted by Crippen LogP contribution is -2.20. The predicted molar refractivity (Wildman–Crippen MR) is 126 cm³/mol. The van der Waals surface area contributed by atoms with Crippen LogP contribution in [-0.2, 0) is 4.79 Å². The minimum Gasteiger partial charge on any atom is -0.497 e. The number of hydrogen-bond acceptors (Lipinski definition) is 5. The van der Waals surface area contributed by atoms with Gasteiger partial charge >= 0.3 is 0 Å². The van der Waals surface area contributed by atoms with E-state index in [1.165, 1.54) is 0 Å². The Morgan fingerprint density at radius 3 is 2.52 bits per heavy atom. The Balaban J connectivity index is 1.68. The van der Waals surface area contributed by atoms with E-state index in [4.69, 9.17) is 14.2 Å². The van der Waals surface area contributed by atoms with Crippen molar-refractivity contribution in [2.75, 3.05) is 26.1 Å².